The fraction of sp³-hybridized carbons (Fsp3) is 0.150. The first kappa shape index (κ1) is 18.8. The van der Waals surface area contributed by atoms with Crippen molar-refractivity contribution in [2.75, 3.05) is 13.2 Å². The Morgan fingerprint density at radius 2 is 1.63 bits per heavy atom. The predicted molar refractivity (Wildman–Crippen MR) is 98.7 cm³/mol. The van der Waals surface area contributed by atoms with Crippen molar-refractivity contribution in [1.29, 1.82) is 0 Å². The molecule has 0 atom stereocenters. The summed E-state index contributed by atoms with van der Waals surface area (Å²) in [6.07, 6.45) is 0. The molecule has 5 nitrogen and oxygen atoms in total. The molecule has 1 amide bonds. The number of hydrogen-bond acceptors (Lipinski definition) is 4. The SMILES string of the molecule is O=C(NCCOc1ccc(Cl)cc1)c1ccc(COc2ccc(F)cc2)o1. The zero-order chi connectivity index (χ0) is 19.1. The number of carbonyl (C=O) groups is 1. The largest absolute Gasteiger partial charge is 0.492 e. The van der Waals surface area contributed by atoms with E-state index in [1.807, 2.05) is 0 Å². The van der Waals surface area contributed by atoms with Gasteiger partial charge in [-0.1, -0.05) is 11.6 Å². The van der Waals surface area contributed by atoms with Crippen molar-refractivity contribution >= 4 is 17.5 Å². The first-order valence-electron chi connectivity index (χ1n) is 8.24. The van der Waals surface area contributed by atoms with E-state index in [4.69, 9.17) is 25.5 Å². The number of nitrogens with one attached hydrogen (secondary N) is 1. The van der Waals surface area contributed by atoms with Gasteiger partial charge in [-0.25, -0.2) is 4.39 Å². The van der Waals surface area contributed by atoms with Crippen molar-refractivity contribution < 1.29 is 23.1 Å². The van der Waals surface area contributed by atoms with E-state index in [0.29, 0.717) is 35.4 Å². The van der Waals surface area contributed by atoms with Gasteiger partial charge in [0.25, 0.3) is 5.91 Å². The van der Waals surface area contributed by atoms with E-state index in [0.717, 1.165) is 0 Å². The summed E-state index contributed by atoms with van der Waals surface area (Å²) >= 11 is 5.80. The van der Waals surface area contributed by atoms with E-state index >= 15 is 0 Å². The van der Waals surface area contributed by atoms with Gasteiger partial charge in [-0.05, 0) is 60.7 Å². The van der Waals surface area contributed by atoms with Crippen molar-refractivity contribution in [2.45, 2.75) is 6.61 Å². The molecule has 1 aromatic heterocycles. The lowest BCUT2D eigenvalue weighted by atomic mass is 10.3. The number of furan rings is 1. The van der Waals surface area contributed by atoms with E-state index in [1.54, 1.807) is 36.4 Å². The Kier molecular flexibility index (Phi) is 6.33. The highest BCUT2D eigenvalue weighted by atomic mass is 35.5. The summed E-state index contributed by atoms with van der Waals surface area (Å²) in [6, 6.07) is 15.8. The summed E-state index contributed by atoms with van der Waals surface area (Å²) in [6.45, 7) is 0.775. The van der Waals surface area contributed by atoms with Gasteiger partial charge < -0.3 is 19.2 Å². The first-order valence-corrected chi connectivity index (χ1v) is 8.61. The molecule has 1 heterocycles. The van der Waals surface area contributed by atoms with Crippen LogP contribution in [0.4, 0.5) is 4.39 Å². The van der Waals surface area contributed by atoms with Crippen LogP contribution in [-0.4, -0.2) is 19.1 Å². The number of carbonyl (C=O) groups excluding carboxylic acids is 1. The van der Waals surface area contributed by atoms with Gasteiger partial charge in [0.15, 0.2) is 5.76 Å². The summed E-state index contributed by atoms with van der Waals surface area (Å²) in [5.41, 5.74) is 0. The maximum atomic E-state index is 12.8. The summed E-state index contributed by atoms with van der Waals surface area (Å²) in [4.78, 5) is 12.1. The van der Waals surface area contributed by atoms with Crippen molar-refractivity contribution in [3.05, 3.63) is 83.0 Å². The second kappa shape index (κ2) is 9.09. The molecular formula is C20H17ClFNO4. The molecule has 0 spiro atoms. The molecule has 140 valence electrons. The molecular weight excluding hydrogens is 373 g/mol. The molecule has 0 unspecified atom stereocenters. The molecule has 3 aromatic rings. The maximum Gasteiger partial charge on any atom is 0.287 e. The molecule has 0 bridgehead atoms. The minimum Gasteiger partial charge on any atom is -0.492 e. The van der Waals surface area contributed by atoms with Gasteiger partial charge in [0.1, 0.15) is 36.3 Å². The van der Waals surface area contributed by atoms with Crippen LogP contribution in [0.3, 0.4) is 0 Å². The van der Waals surface area contributed by atoms with Crippen molar-refractivity contribution in [3.63, 3.8) is 0 Å². The Labute approximate surface area is 160 Å². The van der Waals surface area contributed by atoms with Gasteiger partial charge >= 0.3 is 0 Å². The van der Waals surface area contributed by atoms with E-state index in [-0.39, 0.29) is 24.1 Å². The van der Waals surface area contributed by atoms with Crippen LogP contribution in [0.5, 0.6) is 11.5 Å². The molecule has 3 rings (SSSR count). The third-order valence-electron chi connectivity index (χ3n) is 3.55. The van der Waals surface area contributed by atoms with E-state index in [2.05, 4.69) is 5.32 Å². The average molecular weight is 390 g/mol. The maximum absolute atomic E-state index is 12.8. The molecule has 0 aliphatic heterocycles. The lowest BCUT2D eigenvalue weighted by molar-refractivity contribution is 0.0915. The predicted octanol–water partition coefficient (Wildman–Crippen LogP) is 4.46. The van der Waals surface area contributed by atoms with Crippen LogP contribution in [0.25, 0.3) is 0 Å². The molecule has 0 radical (unpaired) electrons. The second-order valence-electron chi connectivity index (χ2n) is 5.57. The summed E-state index contributed by atoms with van der Waals surface area (Å²) in [5, 5.41) is 3.34. The molecule has 1 N–H and O–H groups in total. The number of rotatable bonds is 8. The fourth-order valence-electron chi connectivity index (χ4n) is 2.21. The summed E-state index contributed by atoms with van der Waals surface area (Å²) < 4.78 is 29.3. The Morgan fingerprint density at radius 3 is 2.37 bits per heavy atom. The normalized spacial score (nSPS) is 10.4. The number of benzene rings is 2. The molecule has 0 saturated carbocycles. The summed E-state index contributed by atoms with van der Waals surface area (Å²) in [5.74, 6) is 1.17. The molecule has 2 aromatic carbocycles. The fourth-order valence-corrected chi connectivity index (χ4v) is 2.34. The number of amides is 1. The van der Waals surface area contributed by atoms with E-state index in [1.165, 1.54) is 24.3 Å². The second-order valence-corrected chi connectivity index (χ2v) is 6.00. The average Bonchev–Trinajstić information content (AvgIpc) is 3.15. The molecule has 0 fully saturated rings. The highest BCUT2D eigenvalue weighted by Crippen LogP contribution is 2.16. The quantitative estimate of drug-likeness (QED) is 0.578. The van der Waals surface area contributed by atoms with Crippen LogP contribution in [0, 0.1) is 5.82 Å². The van der Waals surface area contributed by atoms with E-state index < -0.39 is 0 Å². The van der Waals surface area contributed by atoms with Crippen LogP contribution < -0.4 is 14.8 Å². The first-order chi connectivity index (χ1) is 13.1. The zero-order valence-corrected chi connectivity index (χ0v) is 15.0. The van der Waals surface area contributed by atoms with Crippen molar-refractivity contribution in [3.8, 4) is 11.5 Å². The zero-order valence-electron chi connectivity index (χ0n) is 14.3. The Bertz CT molecular complexity index is 878. The molecule has 0 aliphatic rings. The third-order valence-corrected chi connectivity index (χ3v) is 3.80. The van der Waals surface area contributed by atoms with Crippen LogP contribution in [-0.2, 0) is 6.61 Å². The molecule has 7 heteroatoms. The van der Waals surface area contributed by atoms with Crippen molar-refractivity contribution in [2.24, 2.45) is 0 Å². The third kappa shape index (κ3) is 5.76. The molecule has 27 heavy (non-hydrogen) atoms. The number of halogens is 2. The number of hydrogen-bond donors (Lipinski definition) is 1. The van der Waals surface area contributed by atoms with Gasteiger partial charge in [0.2, 0.25) is 0 Å². The van der Waals surface area contributed by atoms with Crippen LogP contribution >= 0.6 is 11.6 Å². The van der Waals surface area contributed by atoms with Crippen molar-refractivity contribution in [1.82, 2.24) is 5.32 Å². The van der Waals surface area contributed by atoms with Gasteiger partial charge in [0, 0.05) is 5.02 Å². The van der Waals surface area contributed by atoms with Crippen LogP contribution in [0.1, 0.15) is 16.3 Å². The highest BCUT2D eigenvalue weighted by molar-refractivity contribution is 6.30. The van der Waals surface area contributed by atoms with Gasteiger partial charge in [-0.15, -0.1) is 0 Å². The monoisotopic (exact) mass is 389 g/mol. The Hall–Kier alpha value is -2.99. The van der Waals surface area contributed by atoms with Crippen LogP contribution in [0.15, 0.2) is 65.1 Å². The Morgan fingerprint density at radius 1 is 0.963 bits per heavy atom. The lowest BCUT2D eigenvalue weighted by Crippen LogP contribution is -2.27. The lowest BCUT2D eigenvalue weighted by Gasteiger charge is -2.07. The number of ether oxygens (including phenoxy) is 2. The standard InChI is InChI=1S/C20H17ClFNO4/c21-14-1-5-16(6-2-14)25-12-11-23-20(24)19-10-9-18(27-19)13-26-17-7-3-15(22)4-8-17/h1-10H,11-13H2,(H,23,24). The topological polar surface area (TPSA) is 60.7 Å². The molecule has 0 saturated heterocycles. The highest BCUT2D eigenvalue weighted by Gasteiger charge is 2.11. The van der Waals surface area contributed by atoms with Gasteiger partial charge in [0.05, 0.1) is 6.54 Å². The van der Waals surface area contributed by atoms with Gasteiger partial charge in [-0.3, -0.25) is 4.79 Å². The smallest absolute Gasteiger partial charge is 0.287 e. The van der Waals surface area contributed by atoms with E-state index in [9.17, 15) is 9.18 Å². The van der Waals surface area contributed by atoms with Gasteiger partial charge in [-0.2, -0.15) is 0 Å². The Balaban J connectivity index is 1.41. The van der Waals surface area contributed by atoms with Crippen LogP contribution in [0.2, 0.25) is 5.02 Å². The summed E-state index contributed by atoms with van der Waals surface area (Å²) in [7, 11) is 0. The molecule has 0 aliphatic carbocycles. The minimum absolute atomic E-state index is 0.137. The minimum atomic E-state index is -0.345.